The lowest BCUT2D eigenvalue weighted by atomic mass is 10.1. The van der Waals surface area contributed by atoms with Gasteiger partial charge in [-0.1, -0.05) is 47.5 Å². The van der Waals surface area contributed by atoms with E-state index in [0.29, 0.717) is 32.6 Å². The minimum absolute atomic E-state index is 0.0187. The van der Waals surface area contributed by atoms with Crippen LogP contribution in [0, 0.1) is 11.3 Å². The molecular formula is C32H26Cl2N6O6. The second-order valence-electron chi connectivity index (χ2n) is 9.93. The van der Waals surface area contributed by atoms with Crippen LogP contribution in [0.2, 0.25) is 10.0 Å². The molecule has 0 saturated carbocycles. The van der Waals surface area contributed by atoms with Crippen LogP contribution in [0.3, 0.4) is 0 Å². The van der Waals surface area contributed by atoms with Crippen molar-refractivity contribution in [2.24, 2.45) is 14.1 Å². The van der Waals surface area contributed by atoms with E-state index in [2.05, 4.69) is 10.3 Å². The Hall–Kier alpha value is -5.51. The van der Waals surface area contributed by atoms with Gasteiger partial charge in [0.25, 0.3) is 11.5 Å². The maximum atomic E-state index is 13.3. The molecule has 0 spiro atoms. The lowest BCUT2D eigenvalue weighted by molar-refractivity contribution is -0.112. The predicted molar refractivity (Wildman–Crippen MR) is 174 cm³/mol. The van der Waals surface area contributed by atoms with Crippen LogP contribution in [0.25, 0.3) is 17.2 Å². The number of hydrogen-bond acceptors (Lipinski definition) is 8. The van der Waals surface area contributed by atoms with E-state index < -0.39 is 17.2 Å². The van der Waals surface area contributed by atoms with Crippen LogP contribution in [-0.2, 0) is 25.4 Å². The number of rotatable bonds is 9. The number of hydrogen-bond donors (Lipinski definition) is 1. The number of imidazole rings is 1. The molecule has 0 radical (unpaired) electrons. The van der Waals surface area contributed by atoms with Crippen LogP contribution in [0.4, 0.5) is 5.69 Å². The summed E-state index contributed by atoms with van der Waals surface area (Å²) >= 11 is 12.5. The fourth-order valence-electron chi connectivity index (χ4n) is 4.68. The smallest absolute Gasteiger partial charge is 0.332 e. The van der Waals surface area contributed by atoms with Crippen LogP contribution < -0.4 is 30.8 Å². The number of carbonyl (C=O) groups excluding carboxylic acids is 1. The molecule has 0 aliphatic carbocycles. The Labute approximate surface area is 272 Å². The fourth-order valence-corrected chi connectivity index (χ4v) is 5.15. The molecular weight excluding hydrogens is 635 g/mol. The molecule has 1 N–H and O–H groups in total. The lowest BCUT2D eigenvalue weighted by Gasteiger charge is -2.14. The minimum Gasteiger partial charge on any atom is -0.495 e. The summed E-state index contributed by atoms with van der Waals surface area (Å²) in [4.78, 5) is 43.4. The van der Waals surface area contributed by atoms with E-state index in [1.54, 1.807) is 60.7 Å². The Morgan fingerprint density at radius 1 is 0.978 bits per heavy atom. The van der Waals surface area contributed by atoms with Crippen LogP contribution in [-0.4, -0.2) is 38.8 Å². The van der Waals surface area contributed by atoms with Gasteiger partial charge in [0.05, 0.1) is 26.5 Å². The predicted octanol–water partition coefficient (Wildman–Crippen LogP) is 5.14. The zero-order chi connectivity index (χ0) is 33.1. The average Bonchev–Trinajstić information content (AvgIpc) is 3.41. The molecule has 1 amide bonds. The Kier molecular flexibility index (Phi) is 9.18. The number of fused-ring (bicyclic) bond motifs is 1. The van der Waals surface area contributed by atoms with E-state index >= 15 is 0 Å². The quantitative estimate of drug-likeness (QED) is 0.169. The van der Waals surface area contributed by atoms with Gasteiger partial charge in [-0.25, -0.2) is 4.79 Å². The first-order chi connectivity index (χ1) is 22.1. The number of nitriles is 1. The molecule has 0 unspecified atom stereocenters. The monoisotopic (exact) mass is 660 g/mol. The van der Waals surface area contributed by atoms with Gasteiger partial charge in [0.1, 0.15) is 17.4 Å². The van der Waals surface area contributed by atoms with Crippen molar-refractivity contribution in [1.82, 2.24) is 18.7 Å². The average molecular weight is 662 g/mol. The molecule has 0 saturated heterocycles. The van der Waals surface area contributed by atoms with Crippen LogP contribution in [0.1, 0.15) is 11.1 Å². The number of para-hydroxylation sites is 2. The first-order valence-electron chi connectivity index (χ1n) is 13.6. The van der Waals surface area contributed by atoms with Gasteiger partial charge in [0.2, 0.25) is 0 Å². The van der Waals surface area contributed by atoms with Crippen molar-refractivity contribution in [3.05, 3.63) is 108 Å². The van der Waals surface area contributed by atoms with Gasteiger partial charge in [-0.15, -0.1) is 0 Å². The number of anilines is 1. The van der Waals surface area contributed by atoms with Crippen LogP contribution in [0.5, 0.6) is 23.3 Å². The second-order valence-corrected chi connectivity index (χ2v) is 10.8. The molecule has 0 atom stereocenters. The third-order valence-corrected chi connectivity index (χ3v) is 7.66. The zero-order valence-corrected chi connectivity index (χ0v) is 26.5. The van der Waals surface area contributed by atoms with Crippen molar-refractivity contribution in [3.63, 3.8) is 0 Å². The van der Waals surface area contributed by atoms with Crippen LogP contribution in [0.15, 0.2) is 75.8 Å². The molecule has 12 nitrogen and oxygen atoms in total. The van der Waals surface area contributed by atoms with Crippen LogP contribution >= 0.6 is 23.2 Å². The summed E-state index contributed by atoms with van der Waals surface area (Å²) in [5.74, 6) is 0.255. The van der Waals surface area contributed by atoms with Gasteiger partial charge < -0.3 is 19.5 Å². The highest BCUT2D eigenvalue weighted by atomic mass is 35.5. The van der Waals surface area contributed by atoms with Gasteiger partial charge in [0.15, 0.2) is 22.7 Å². The fraction of sp³-hybridized carbons (Fsp3) is 0.156. The maximum absolute atomic E-state index is 13.3. The van der Waals surface area contributed by atoms with E-state index in [1.165, 1.54) is 43.5 Å². The van der Waals surface area contributed by atoms with Crippen molar-refractivity contribution in [2.45, 2.75) is 6.54 Å². The number of carbonyl (C=O) groups is 1. The zero-order valence-electron chi connectivity index (χ0n) is 25.0. The summed E-state index contributed by atoms with van der Waals surface area (Å²) in [5, 5.41) is 13.2. The molecule has 2 aromatic heterocycles. The van der Waals surface area contributed by atoms with E-state index in [0.717, 1.165) is 4.57 Å². The molecule has 0 bridgehead atoms. The topological polar surface area (TPSA) is 142 Å². The number of benzene rings is 3. The molecule has 46 heavy (non-hydrogen) atoms. The van der Waals surface area contributed by atoms with Gasteiger partial charge in [-0.2, -0.15) is 10.2 Å². The molecule has 2 heterocycles. The van der Waals surface area contributed by atoms with E-state index in [4.69, 9.17) is 37.4 Å². The molecule has 0 aliphatic rings. The Bertz CT molecular complexity index is 2190. The largest absolute Gasteiger partial charge is 0.495 e. The van der Waals surface area contributed by atoms with E-state index in [9.17, 15) is 19.6 Å². The van der Waals surface area contributed by atoms with Crippen molar-refractivity contribution >= 4 is 52.0 Å². The third kappa shape index (κ3) is 6.19. The van der Waals surface area contributed by atoms with E-state index in [-0.39, 0.29) is 40.8 Å². The number of nitrogens with one attached hydrogen (secondary N) is 1. The summed E-state index contributed by atoms with van der Waals surface area (Å²) in [6, 6.07) is 18.4. The van der Waals surface area contributed by atoms with Gasteiger partial charge in [-0.3, -0.25) is 23.3 Å². The highest BCUT2D eigenvalue weighted by molar-refractivity contribution is 6.35. The number of aromatic nitrogens is 4. The first-order valence-corrected chi connectivity index (χ1v) is 14.3. The number of nitrogens with zero attached hydrogens (tertiary/aromatic N) is 5. The molecule has 0 aliphatic heterocycles. The molecule has 234 valence electrons. The van der Waals surface area contributed by atoms with Crippen molar-refractivity contribution in [2.75, 3.05) is 19.5 Å². The lowest BCUT2D eigenvalue weighted by Crippen LogP contribution is -2.37. The van der Waals surface area contributed by atoms with Gasteiger partial charge >= 0.3 is 11.7 Å². The third-order valence-electron chi connectivity index (χ3n) is 7.08. The van der Waals surface area contributed by atoms with Crippen molar-refractivity contribution < 1.29 is 19.0 Å². The standard InChI is InChI=1S/C32H26Cl2N6O6/c1-38-28-27(30(42)39(2)32(38)43)40(17-19-10-11-21(33)15-22(19)34)31(37-28)46-25-12-9-18(14-26(25)45-4)13-20(16-35)29(41)36-23-7-5-6-8-24(23)44-3/h5-15H,17H2,1-4H3,(H,36,41). The summed E-state index contributed by atoms with van der Waals surface area (Å²) in [5.41, 5.74) is 0.411. The SMILES string of the molecule is COc1ccccc1NC(=O)C(C#N)=Cc1ccc(Oc2nc3c(c(=O)n(C)c(=O)n3C)n2Cc2ccc(Cl)cc2Cl)c(OC)c1. The number of ether oxygens (including phenoxy) is 3. The number of halogens is 2. The summed E-state index contributed by atoms with van der Waals surface area (Å²) in [6.07, 6.45) is 1.40. The highest BCUT2D eigenvalue weighted by Gasteiger charge is 2.23. The summed E-state index contributed by atoms with van der Waals surface area (Å²) in [7, 11) is 5.77. The number of amides is 1. The second kappa shape index (κ2) is 13.2. The molecule has 14 heteroatoms. The molecule has 5 rings (SSSR count). The first kappa shape index (κ1) is 31.9. The Morgan fingerprint density at radius 2 is 1.72 bits per heavy atom. The minimum atomic E-state index is -0.631. The summed E-state index contributed by atoms with van der Waals surface area (Å²) in [6.45, 7) is 0.0608. The number of methoxy groups -OCH3 is 2. The van der Waals surface area contributed by atoms with E-state index in [1.807, 2.05) is 6.07 Å². The highest BCUT2D eigenvalue weighted by Crippen LogP contribution is 2.35. The summed E-state index contributed by atoms with van der Waals surface area (Å²) < 4.78 is 20.8. The Morgan fingerprint density at radius 3 is 2.41 bits per heavy atom. The molecule has 3 aromatic carbocycles. The Balaban J connectivity index is 1.54. The molecule has 5 aromatic rings. The van der Waals surface area contributed by atoms with Gasteiger partial charge in [0, 0.05) is 24.1 Å². The van der Waals surface area contributed by atoms with Gasteiger partial charge in [-0.05, 0) is 53.6 Å². The number of aryl methyl sites for hydroxylation is 1. The van der Waals surface area contributed by atoms with Crippen molar-refractivity contribution in [3.8, 4) is 29.3 Å². The normalized spacial score (nSPS) is 11.3. The molecule has 0 fully saturated rings. The van der Waals surface area contributed by atoms with Crippen molar-refractivity contribution in [1.29, 1.82) is 5.26 Å². The maximum Gasteiger partial charge on any atom is 0.332 e.